The second-order valence-corrected chi connectivity index (χ2v) is 12.8. The number of nitrogens with zero attached hydrogens (tertiary/aromatic N) is 7. The standard InChI is InChI=1S/C25H24N8O6S4/c1-5-38-30-17(19-29-24(43-31-19)26-12-37-4)20(35)28-18-21(36)33-22(39-13(2)34)16(11-40-23(18)33)42-25-27-15(10-41-25)14-6-8-32(3)9-7-14/h6-10,12,18,23H,5,11H2,1-4H3/p+1/b26-12?,30-17-/t18-,23-/m1/s1. The maximum Gasteiger partial charge on any atom is 0.309 e. The summed E-state index contributed by atoms with van der Waals surface area (Å²) in [5, 5.41) is 8.27. The molecule has 3 aromatic rings. The van der Waals surface area contributed by atoms with Gasteiger partial charge >= 0.3 is 5.97 Å². The lowest BCUT2D eigenvalue weighted by atomic mass is 10.1. The summed E-state index contributed by atoms with van der Waals surface area (Å²) in [6, 6.07) is 3.05. The van der Waals surface area contributed by atoms with Crippen LogP contribution in [0.15, 0.2) is 55.2 Å². The number of thiazole rings is 1. The van der Waals surface area contributed by atoms with Crippen molar-refractivity contribution in [1.29, 1.82) is 0 Å². The monoisotopic (exact) mass is 661 g/mol. The zero-order valence-electron chi connectivity index (χ0n) is 23.2. The number of oxime groups is 1. The average Bonchev–Trinajstić information content (AvgIpc) is 3.66. The number of esters is 1. The maximum atomic E-state index is 13.3. The van der Waals surface area contributed by atoms with Crippen LogP contribution in [0.2, 0.25) is 0 Å². The summed E-state index contributed by atoms with van der Waals surface area (Å²) in [6.07, 6.45) is 5.07. The lowest BCUT2D eigenvalue weighted by molar-refractivity contribution is -0.671. The molecule has 3 aromatic heterocycles. The van der Waals surface area contributed by atoms with Crippen molar-refractivity contribution in [3.63, 3.8) is 0 Å². The Bertz CT molecular complexity index is 1620. The van der Waals surface area contributed by atoms with E-state index >= 15 is 0 Å². The van der Waals surface area contributed by atoms with Crippen LogP contribution in [0.4, 0.5) is 5.13 Å². The Labute approximate surface area is 262 Å². The largest absolute Gasteiger partial charge is 0.486 e. The van der Waals surface area contributed by atoms with Crippen LogP contribution >= 0.6 is 46.4 Å². The Hall–Kier alpha value is -3.87. The molecule has 0 aromatic carbocycles. The van der Waals surface area contributed by atoms with Gasteiger partial charge in [0.2, 0.25) is 22.6 Å². The highest BCUT2D eigenvalue weighted by atomic mass is 32.2. The van der Waals surface area contributed by atoms with E-state index in [0.29, 0.717) is 10.7 Å². The van der Waals surface area contributed by atoms with Crippen molar-refractivity contribution in [2.45, 2.75) is 29.6 Å². The molecule has 2 atom stereocenters. The normalized spacial score (nSPS) is 18.4. The van der Waals surface area contributed by atoms with E-state index in [1.807, 2.05) is 41.5 Å². The summed E-state index contributed by atoms with van der Waals surface area (Å²) < 4.78 is 17.1. The third-order valence-corrected chi connectivity index (χ3v) is 9.87. The molecule has 14 nitrogen and oxygen atoms in total. The van der Waals surface area contributed by atoms with Crippen LogP contribution < -0.4 is 9.88 Å². The highest BCUT2D eigenvalue weighted by Crippen LogP contribution is 2.46. The van der Waals surface area contributed by atoms with Gasteiger partial charge in [-0.15, -0.1) is 23.1 Å². The van der Waals surface area contributed by atoms with Gasteiger partial charge in [0.25, 0.3) is 11.8 Å². The second-order valence-electron chi connectivity index (χ2n) is 8.76. The number of aromatic nitrogens is 4. The van der Waals surface area contributed by atoms with Gasteiger partial charge in [0.15, 0.2) is 23.1 Å². The first-order valence-corrected chi connectivity index (χ1v) is 16.2. The molecule has 1 fully saturated rings. The van der Waals surface area contributed by atoms with Crippen molar-refractivity contribution in [1.82, 2.24) is 24.6 Å². The molecular formula is C25H25N8O6S4+. The fraction of sp³-hybridized carbons (Fsp3) is 0.320. The van der Waals surface area contributed by atoms with Crippen LogP contribution in [0.3, 0.4) is 0 Å². The molecule has 1 saturated heterocycles. The molecule has 5 heterocycles. The van der Waals surface area contributed by atoms with Gasteiger partial charge in [0.1, 0.15) is 25.1 Å². The van der Waals surface area contributed by atoms with E-state index < -0.39 is 29.2 Å². The third-order valence-electron chi connectivity index (χ3n) is 5.78. The molecule has 18 heteroatoms. The van der Waals surface area contributed by atoms with Crippen LogP contribution in [-0.4, -0.2) is 80.0 Å². The van der Waals surface area contributed by atoms with E-state index in [4.69, 9.17) is 19.3 Å². The number of rotatable bonds is 11. The number of thioether (sulfide) groups is 2. The molecule has 2 aliphatic heterocycles. The van der Waals surface area contributed by atoms with E-state index in [1.165, 1.54) is 60.2 Å². The van der Waals surface area contributed by atoms with Gasteiger partial charge in [-0.25, -0.2) is 9.55 Å². The van der Waals surface area contributed by atoms with Gasteiger partial charge in [-0.2, -0.15) is 14.3 Å². The minimum atomic E-state index is -0.906. The Morgan fingerprint density at radius 2 is 2.09 bits per heavy atom. The molecular weight excluding hydrogens is 637 g/mol. The zero-order valence-corrected chi connectivity index (χ0v) is 26.5. The Morgan fingerprint density at radius 1 is 1.30 bits per heavy atom. The van der Waals surface area contributed by atoms with Gasteiger partial charge in [0, 0.05) is 47.3 Å². The topological polar surface area (TPSA) is 161 Å². The highest BCUT2D eigenvalue weighted by Gasteiger charge is 2.54. The molecule has 43 heavy (non-hydrogen) atoms. The summed E-state index contributed by atoms with van der Waals surface area (Å²) in [4.78, 5) is 58.6. The number of pyridine rings is 1. The van der Waals surface area contributed by atoms with E-state index in [2.05, 4.69) is 24.8 Å². The molecule has 2 aliphatic rings. The number of hydrogen-bond acceptors (Lipinski definition) is 15. The molecule has 0 spiro atoms. The van der Waals surface area contributed by atoms with Gasteiger partial charge < -0.3 is 19.6 Å². The van der Waals surface area contributed by atoms with Crippen molar-refractivity contribution in [2.75, 3.05) is 19.5 Å². The summed E-state index contributed by atoms with van der Waals surface area (Å²) in [5.74, 6) is -1.14. The summed E-state index contributed by atoms with van der Waals surface area (Å²) in [7, 11) is 3.38. The quantitative estimate of drug-likeness (QED) is 0.0803. The number of methoxy groups -OCH3 is 1. The minimum Gasteiger partial charge on any atom is -0.486 e. The first-order chi connectivity index (χ1) is 20.8. The van der Waals surface area contributed by atoms with Crippen molar-refractivity contribution in [3.05, 3.63) is 46.5 Å². The molecule has 2 amide bonds. The number of fused-ring (bicyclic) bond motifs is 1. The lowest BCUT2D eigenvalue weighted by Crippen LogP contribution is -2.70. The van der Waals surface area contributed by atoms with E-state index in [1.54, 1.807) is 6.92 Å². The summed E-state index contributed by atoms with van der Waals surface area (Å²) >= 11 is 5.16. The first-order valence-electron chi connectivity index (χ1n) is 12.6. The Morgan fingerprint density at radius 3 is 2.81 bits per heavy atom. The summed E-state index contributed by atoms with van der Waals surface area (Å²) in [5.41, 5.74) is 1.59. The average molecular weight is 662 g/mol. The lowest BCUT2D eigenvalue weighted by Gasteiger charge is -2.49. The molecule has 0 bridgehead atoms. The van der Waals surface area contributed by atoms with Gasteiger partial charge in [-0.3, -0.25) is 19.3 Å². The van der Waals surface area contributed by atoms with Gasteiger partial charge in [-0.05, 0) is 6.92 Å². The zero-order chi connectivity index (χ0) is 30.5. The molecule has 0 radical (unpaired) electrons. The first kappa shape index (κ1) is 30.6. The van der Waals surface area contributed by atoms with Crippen molar-refractivity contribution < 1.29 is 33.3 Å². The molecule has 0 aliphatic carbocycles. The number of ether oxygens (including phenoxy) is 2. The van der Waals surface area contributed by atoms with E-state index in [-0.39, 0.29) is 29.2 Å². The van der Waals surface area contributed by atoms with Crippen LogP contribution in [0, 0.1) is 0 Å². The van der Waals surface area contributed by atoms with Crippen LogP contribution in [-0.2, 0) is 35.7 Å². The minimum absolute atomic E-state index is 0.00878. The van der Waals surface area contributed by atoms with Crippen LogP contribution in [0.1, 0.15) is 19.7 Å². The van der Waals surface area contributed by atoms with E-state index in [9.17, 15) is 14.4 Å². The summed E-state index contributed by atoms with van der Waals surface area (Å²) in [6.45, 7) is 3.18. The fourth-order valence-corrected chi connectivity index (χ4v) is 7.75. The Balaban J connectivity index is 1.32. The van der Waals surface area contributed by atoms with Crippen LogP contribution in [0.5, 0.6) is 0 Å². The fourth-order valence-electron chi connectivity index (χ4n) is 3.85. The predicted molar refractivity (Wildman–Crippen MR) is 162 cm³/mol. The van der Waals surface area contributed by atoms with Crippen molar-refractivity contribution in [2.24, 2.45) is 17.2 Å². The van der Waals surface area contributed by atoms with Gasteiger partial charge in [0.05, 0.1) is 17.7 Å². The maximum absolute atomic E-state index is 13.3. The number of hydrogen-bond donors (Lipinski definition) is 1. The smallest absolute Gasteiger partial charge is 0.309 e. The number of aryl methyl sites for hydroxylation is 1. The number of amides is 2. The molecule has 1 N–H and O–H groups in total. The number of aliphatic imine (C=N–C) groups is 1. The number of carbonyl (C=O) groups excluding carboxylic acids is 3. The van der Waals surface area contributed by atoms with Crippen LogP contribution in [0.25, 0.3) is 11.3 Å². The molecule has 5 rings (SSSR count). The molecule has 224 valence electrons. The van der Waals surface area contributed by atoms with Crippen molar-refractivity contribution >= 4 is 81.4 Å². The second kappa shape index (κ2) is 13.6. The Kier molecular flexibility index (Phi) is 9.69. The highest BCUT2D eigenvalue weighted by molar-refractivity contribution is 8.07. The number of carbonyl (C=O) groups is 3. The molecule has 0 saturated carbocycles. The number of β-lactam (4-membered cyclic amide) rings is 1. The van der Waals surface area contributed by atoms with Gasteiger partial charge in [-0.1, -0.05) is 16.9 Å². The third kappa shape index (κ3) is 6.87. The molecule has 0 unspecified atom stereocenters. The number of nitrogens with one attached hydrogen (secondary N) is 1. The SMILES string of the molecule is CCO/N=C(\C(=O)N[C@@H]1C(=O)N2C(OC(C)=O)=C(Sc3nc(-c4cc[n+](C)cc4)cs3)CS[C@H]12)c1nsc(N=COC)n1. The van der Waals surface area contributed by atoms with Crippen molar-refractivity contribution in [3.8, 4) is 11.3 Å². The van der Waals surface area contributed by atoms with E-state index in [0.717, 1.165) is 27.1 Å². The predicted octanol–water partition coefficient (Wildman–Crippen LogP) is 2.46.